The second-order valence-electron chi connectivity index (χ2n) is 5.79. The number of fused-ring (bicyclic) bond motifs is 1. The van der Waals surface area contributed by atoms with E-state index >= 15 is 0 Å². The van der Waals surface area contributed by atoms with E-state index in [0.29, 0.717) is 24.5 Å². The molecule has 1 aliphatic carbocycles. The van der Waals surface area contributed by atoms with E-state index in [4.69, 9.17) is 10.5 Å². The topological polar surface area (TPSA) is 92.9 Å². The highest BCUT2D eigenvalue weighted by atomic mass is 32.2. The van der Waals surface area contributed by atoms with Gasteiger partial charge in [0, 0.05) is 19.0 Å². The zero-order valence-corrected chi connectivity index (χ0v) is 12.7. The van der Waals surface area contributed by atoms with Crippen molar-refractivity contribution in [3.63, 3.8) is 0 Å². The minimum absolute atomic E-state index is 0.0652. The summed E-state index contributed by atoms with van der Waals surface area (Å²) in [6, 6.07) is 4.50. The smallest absolute Gasteiger partial charge is 0.243 e. The Morgan fingerprint density at radius 1 is 1.33 bits per heavy atom. The van der Waals surface area contributed by atoms with Gasteiger partial charge in [0.05, 0.1) is 23.8 Å². The molecule has 2 fully saturated rings. The lowest BCUT2D eigenvalue weighted by Gasteiger charge is -2.19. The monoisotopic (exact) mass is 312 g/mol. The van der Waals surface area contributed by atoms with E-state index in [0.717, 1.165) is 12.8 Å². The molecule has 0 amide bonds. The van der Waals surface area contributed by atoms with Gasteiger partial charge in [-0.3, -0.25) is 0 Å². The molecule has 3 unspecified atom stereocenters. The van der Waals surface area contributed by atoms with E-state index in [-0.39, 0.29) is 22.8 Å². The first-order valence-corrected chi connectivity index (χ1v) is 8.49. The maximum atomic E-state index is 12.7. The number of nitrogens with zero attached hydrogens (tertiary/aromatic N) is 1. The summed E-state index contributed by atoms with van der Waals surface area (Å²) in [6.07, 6.45) is 1.29. The highest BCUT2D eigenvalue weighted by Gasteiger charge is 2.45. The van der Waals surface area contributed by atoms with E-state index in [2.05, 4.69) is 0 Å². The predicted molar refractivity (Wildman–Crippen MR) is 78.4 cm³/mol. The molecular weight excluding hydrogens is 292 g/mol. The summed E-state index contributed by atoms with van der Waals surface area (Å²) in [4.78, 5) is 0.176. The van der Waals surface area contributed by atoms with Crippen LogP contribution in [-0.4, -0.2) is 44.1 Å². The fourth-order valence-corrected chi connectivity index (χ4v) is 4.98. The van der Waals surface area contributed by atoms with Gasteiger partial charge in [-0.1, -0.05) is 0 Å². The number of methoxy groups -OCH3 is 1. The van der Waals surface area contributed by atoms with Crippen molar-refractivity contribution in [2.75, 3.05) is 25.9 Å². The van der Waals surface area contributed by atoms with Crippen molar-refractivity contribution in [1.82, 2.24) is 4.31 Å². The molecule has 1 aliphatic heterocycles. The van der Waals surface area contributed by atoms with Crippen molar-refractivity contribution < 1.29 is 18.3 Å². The quantitative estimate of drug-likeness (QED) is 0.800. The number of sulfonamides is 1. The Labute approximate surface area is 124 Å². The number of ether oxygens (including phenoxy) is 1. The molecule has 1 heterocycles. The first-order valence-electron chi connectivity index (χ1n) is 7.05. The van der Waals surface area contributed by atoms with E-state index in [1.807, 2.05) is 0 Å². The Hall–Kier alpha value is -1.31. The van der Waals surface area contributed by atoms with Crippen molar-refractivity contribution in [2.24, 2.45) is 11.8 Å². The predicted octanol–water partition coefficient (Wildman–Crippen LogP) is 0.669. The molecule has 21 heavy (non-hydrogen) atoms. The van der Waals surface area contributed by atoms with E-state index in [1.165, 1.54) is 23.5 Å². The number of rotatable bonds is 3. The lowest BCUT2D eigenvalue weighted by Crippen LogP contribution is -2.31. The molecule has 1 aromatic carbocycles. The first kappa shape index (κ1) is 14.6. The highest BCUT2D eigenvalue weighted by Crippen LogP contribution is 2.40. The van der Waals surface area contributed by atoms with Gasteiger partial charge >= 0.3 is 0 Å². The Morgan fingerprint density at radius 3 is 2.71 bits per heavy atom. The summed E-state index contributed by atoms with van der Waals surface area (Å²) in [5, 5.41) is 9.91. The molecule has 3 N–H and O–H groups in total. The van der Waals surface area contributed by atoms with Crippen LogP contribution >= 0.6 is 0 Å². The third-order valence-corrected chi connectivity index (χ3v) is 6.45. The fourth-order valence-electron chi connectivity index (χ4n) is 3.41. The van der Waals surface area contributed by atoms with Crippen LogP contribution in [-0.2, 0) is 10.0 Å². The van der Waals surface area contributed by atoms with Gasteiger partial charge < -0.3 is 15.6 Å². The van der Waals surface area contributed by atoms with E-state index < -0.39 is 10.0 Å². The van der Waals surface area contributed by atoms with Crippen LogP contribution in [0.25, 0.3) is 0 Å². The van der Waals surface area contributed by atoms with E-state index in [9.17, 15) is 13.5 Å². The molecule has 0 aromatic heterocycles. The first-order chi connectivity index (χ1) is 9.93. The number of aliphatic hydroxyl groups excluding tert-OH is 1. The van der Waals surface area contributed by atoms with Gasteiger partial charge in [-0.05, 0) is 37.0 Å². The van der Waals surface area contributed by atoms with Crippen LogP contribution in [0, 0.1) is 11.8 Å². The number of benzene rings is 1. The van der Waals surface area contributed by atoms with Gasteiger partial charge in [0.1, 0.15) is 5.75 Å². The van der Waals surface area contributed by atoms with Crippen LogP contribution < -0.4 is 10.5 Å². The van der Waals surface area contributed by atoms with Crippen LogP contribution in [0.4, 0.5) is 5.69 Å². The Balaban J connectivity index is 1.86. The Kier molecular flexibility index (Phi) is 3.59. The summed E-state index contributed by atoms with van der Waals surface area (Å²) < 4.78 is 31.9. The average molecular weight is 312 g/mol. The standard InChI is InChI=1S/C14H20N2O4S/c1-20-14-5-3-10(6-12(14)15)21(18,19)16-7-9-2-4-13(17)11(9)8-16/h3,5-6,9,11,13,17H,2,4,7-8,15H2,1H3. The highest BCUT2D eigenvalue weighted by molar-refractivity contribution is 7.89. The normalized spacial score (nSPS) is 29.5. The Morgan fingerprint density at radius 2 is 2.10 bits per heavy atom. The number of nitrogen functional groups attached to an aromatic ring is 1. The summed E-state index contributed by atoms with van der Waals surface area (Å²) in [5.41, 5.74) is 6.10. The van der Waals surface area contributed by atoms with Crippen molar-refractivity contribution in [1.29, 1.82) is 0 Å². The molecule has 7 heteroatoms. The SMILES string of the molecule is COc1ccc(S(=O)(=O)N2CC3CCC(O)C3C2)cc1N. The van der Waals surface area contributed by atoms with Gasteiger partial charge in [0.25, 0.3) is 0 Å². The summed E-state index contributed by atoms with van der Waals surface area (Å²) in [7, 11) is -2.08. The summed E-state index contributed by atoms with van der Waals surface area (Å²) in [6.45, 7) is 0.871. The van der Waals surface area contributed by atoms with Crippen LogP contribution in [0.3, 0.4) is 0 Å². The third-order valence-electron chi connectivity index (χ3n) is 4.62. The molecule has 3 rings (SSSR count). The molecule has 0 radical (unpaired) electrons. The lowest BCUT2D eigenvalue weighted by atomic mass is 10.00. The second-order valence-corrected chi connectivity index (χ2v) is 7.73. The lowest BCUT2D eigenvalue weighted by molar-refractivity contribution is 0.129. The fraction of sp³-hybridized carbons (Fsp3) is 0.571. The van der Waals surface area contributed by atoms with Gasteiger partial charge in [0.2, 0.25) is 10.0 Å². The molecule has 0 bridgehead atoms. The molecule has 116 valence electrons. The van der Waals surface area contributed by atoms with Gasteiger partial charge in [0.15, 0.2) is 0 Å². The summed E-state index contributed by atoms with van der Waals surface area (Å²) in [5.74, 6) is 0.795. The minimum atomic E-state index is -3.56. The van der Waals surface area contributed by atoms with Crippen LogP contribution in [0.5, 0.6) is 5.75 Å². The zero-order valence-electron chi connectivity index (χ0n) is 11.9. The average Bonchev–Trinajstić information content (AvgIpc) is 3.02. The maximum Gasteiger partial charge on any atom is 0.243 e. The number of nitrogens with two attached hydrogens (primary N) is 1. The largest absolute Gasteiger partial charge is 0.495 e. The molecule has 2 aliphatic rings. The third kappa shape index (κ3) is 2.39. The zero-order chi connectivity index (χ0) is 15.2. The van der Waals surface area contributed by atoms with Crippen LogP contribution in [0.2, 0.25) is 0 Å². The van der Waals surface area contributed by atoms with Gasteiger partial charge in [-0.2, -0.15) is 4.31 Å². The maximum absolute atomic E-state index is 12.7. The number of aliphatic hydroxyl groups is 1. The number of anilines is 1. The number of hydrogen-bond donors (Lipinski definition) is 2. The summed E-state index contributed by atoms with van der Waals surface area (Å²) >= 11 is 0. The molecule has 1 aromatic rings. The van der Waals surface area contributed by atoms with Crippen molar-refractivity contribution in [3.8, 4) is 5.75 Å². The van der Waals surface area contributed by atoms with Gasteiger partial charge in [-0.15, -0.1) is 0 Å². The molecule has 1 saturated carbocycles. The molecule has 6 nitrogen and oxygen atoms in total. The molecule has 1 saturated heterocycles. The molecular formula is C14H20N2O4S. The van der Waals surface area contributed by atoms with Crippen molar-refractivity contribution in [2.45, 2.75) is 23.8 Å². The van der Waals surface area contributed by atoms with Gasteiger partial charge in [-0.25, -0.2) is 8.42 Å². The Bertz CT molecular complexity index is 646. The van der Waals surface area contributed by atoms with Crippen LogP contribution in [0.15, 0.2) is 23.1 Å². The van der Waals surface area contributed by atoms with E-state index in [1.54, 1.807) is 6.07 Å². The second kappa shape index (κ2) is 5.15. The minimum Gasteiger partial charge on any atom is -0.495 e. The molecule has 3 atom stereocenters. The molecule has 0 spiro atoms. The van der Waals surface area contributed by atoms with Crippen molar-refractivity contribution >= 4 is 15.7 Å². The van der Waals surface area contributed by atoms with Crippen molar-refractivity contribution in [3.05, 3.63) is 18.2 Å². The van der Waals surface area contributed by atoms with Crippen LogP contribution in [0.1, 0.15) is 12.8 Å². The number of hydrogen-bond acceptors (Lipinski definition) is 5.